The van der Waals surface area contributed by atoms with Crippen LogP contribution in [0.4, 0.5) is 9.59 Å². The van der Waals surface area contributed by atoms with Crippen molar-refractivity contribution in [1.82, 2.24) is 21.3 Å². The van der Waals surface area contributed by atoms with E-state index in [9.17, 15) is 9.59 Å². The lowest BCUT2D eigenvalue weighted by atomic mass is 10.1. The number of amides is 4. The third-order valence-electron chi connectivity index (χ3n) is 7.40. The van der Waals surface area contributed by atoms with Crippen molar-refractivity contribution in [3.63, 3.8) is 0 Å². The molecule has 0 aliphatic heterocycles. The Kier molecular flexibility index (Phi) is 28.9. The van der Waals surface area contributed by atoms with Crippen LogP contribution < -0.4 is 21.3 Å². The van der Waals surface area contributed by atoms with Crippen LogP contribution >= 0.6 is 0 Å². The lowest BCUT2D eigenvalue weighted by molar-refractivity contribution is 0.238. The molecule has 0 spiro atoms. The average Bonchev–Trinajstić information content (AvgIpc) is 2.91. The minimum absolute atomic E-state index is 0.0574. The average molecular weight is 539 g/mol. The summed E-state index contributed by atoms with van der Waals surface area (Å²) < 4.78 is 0. The Morgan fingerprint density at radius 2 is 0.763 bits per heavy atom. The second-order valence-electron chi connectivity index (χ2n) is 11.4. The van der Waals surface area contributed by atoms with Gasteiger partial charge in [0.05, 0.1) is 0 Å². The summed E-state index contributed by atoms with van der Waals surface area (Å²) in [6.45, 7) is 9.54. The van der Waals surface area contributed by atoms with Gasteiger partial charge >= 0.3 is 12.1 Å². The normalized spacial score (nSPS) is 11.8. The Hall–Kier alpha value is -1.46. The molecule has 0 aliphatic rings. The van der Waals surface area contributed by atoms with Crippen LogP contribution in [0.15, 0.2) is 0 Å². The number of rotatable bonds is 28. The zero-order valence-electron chi connectivity index (χ0n) is 25.8. The van der Waals surface area contributed by atoms with Gasteiger partial charge in [-0.15, -0.1) is 0 Å². The lowest BCUT2D eigenvalue weighted by Gasteiger charge is -2.14. The molecule has 0 aromatic carbocycles. The van der Waals surface area contributed by atoms with Gasteiger partial charge in [-0.25, -0.2) is 9.59 Å². The minimum Gasteiger partial charge on any atom is -0.338 e. The Balaban J connectivity index is 3.39. The Morgan fingerprint density at radius 3 is 1.16 bits per heavy atom. The van der Waals surface area contributed by atoms with Gasteiger partial charge in [-0.05, 0) is 31.6 Å². The van der Waals surface area contributed by atoms with Crippen LogP contribution in [0.2, 0.25) is 0 Å². The maximum absolute atomic E-state index is 12.0. The van der Waals surface area contributed by atoms with Gasteiger partial charge in [0.2, 0.25) is 0 Å². The molecule has 0 heterocycles. The van der Waals surface area contributed by atoms with Gasteiger partial charge in [-0.2, -0.15) is 0 Å². The number of urea groups is 2. The van der Waals surface area contributed by atoms with Crippen molar-refractivity contribution >= 4 is 12.1 Å². The molecule has 6 nitrogen and oxygen atoms in total. The number of hydrogen-bond donors (Lipinski definition) is 4. The van der Waals surface area contributed by atoms with Gasteiger partial charge in [-0.3, -0.25) is 0 Å². The number of hydrogen-bond acceptors (Lipinski definition) is 2. The van der Waals surface area contributed by atoms with Gasteiger partial charge in [0, 0.05) is 26.2 Å². The fourth-order valence-corrected chi connectivity index (χ4v) is 4.78. The van der Waals surface area contributed by atoms with Crippen molar-refractivity contribution in [2.75, 3.05) is 26.2 Å². The van der Waals surface area contributed by atoms with Crippen molar-refractivity contribution in [3.05, 3.63) is 0 Å². The Bertz CT molecular complexity index is 516. The summed E-state index contributed by atoms with van der Waals surface area (Å²) in [5.41, 5.74) is 0. The van der Waals surface area contributed by atoms with E-state index in [4.69, 9.17) is 0 Å². The molecule has 4 amide bonds. The van der Waals surface area contributed by atoms with Crippen molar-refractivity contribution in [2.24, 2.45) is 5.92 Å². The molecule has 1 unspecified atom stereocenters. The van der Waals surface area contributed by atoms with Crippen molar-refractivity contribution in [1.29, 1.82) is 0 Å². The maximum atomic E-state index is 12.0. The smallest absolute Gasteiger partial charge is 0.314 e. The molecule has 0 bridgehead atoms. The maximum Gasteiger partial charge on any atom is 0.314 e. The monoisotopic (exact) mass is 539 g/mol. The molecule has 0 radical (unpaired) electrons. The first kappa shape index (κ1) is 36.5. The topological polar surface area (TPSA) is 82.3 Å². The number of nitrogens with one attached hydrogen (secondary N) is 4. The summed E-state index contributed by atoms with van der Waals surface area (Å²) in [4.78, 5) is 23.9. The SMILES string of the molecule is CCCCCCCCCCCCNC(=O)NCCCC(C)CNC(=O)NCCCCCCCCCCCC. The first-order valence-corrected chi connectivity index (χ1v) is 16.6. The zero-order valence-corrected chi connectivity index (χ0v) is 25.8. The third kappa shape index (κ3) is 29.1. The van der Waals surface area contributed by atoms with Gasteiger partial charge in [-0.1, -0.05) is 136 Å². The van der Waals surface area contributed by atoms with Crippen LogP contribution in [0.1, 0.15) is 162 Å². The molecule has 0 saturated heterocycles. The summed E-state index contributed by atoms with van der Waals surface area (Å²) in [7, 11) is 0. The molecule has 0 aromatic rings. The van der Waals surface area contributed by atoms with Crippen molar-refractivity contribution in [3.8, 4) is 0 Å². The van der Waals surface area contributed by atoms with Crippen LogP contribution in [0.5, 0.6) is 0 Å². The van der Waals surface area contributed by atoms with Gasteiger partial charge < -0.3 is 21.3 Å². The highest BCUT2D eigenvalue weighted by Crippen LogP contribution is 2.11. The first-order valence-electron chi connectivity index (χ1n) is 16.6. The van der Waals surface area contributed by atoms with Crippen molar-refractivity contribution in [2.45, 2.75) is 162 Å². The van der Waals surface area contributed by atoms with Crippen LogP contribution in [0.25, 0.3) is 0 Å². The highest BCUT2D eigenvalue weighted by atomic mass is 16.2. The zero-order chi connectivity index (χ0) is 27.9. The second kappa shape index (κ2) is 30.1. The molecule has 0 aliphatic carbocycles. The molecular formula is C32H66N4O2. The molecule has 4 N–H and O–H groups in total. The van der Waals surface area contributed by atoms with E-state index in [0.717, 1.165) is 38.8 Å². The number of carbonyl (C=O) groups is 2. The molecule has 226 valence electrons. The molecule has 0 fully saturated rings. The molecule has 0 rings (SSSR count). The summed E-state index contributed by atoms with van der Waals surface area (Å²) in [5, 5.41) is 11.9. The number of carbonyl (C=O) groups excluding carboxylic acids is 2. The quantitative estimate of drug-likeness (QED) is 0.0750. The van der Waals surface area contributed by atoms with E-state index < -0.39 is 0 Å². The highest BCUT2D eigenvalue weighted by molar-refractivity contribution is 5.74. The Labute approximate surface area is 237 Å². The van der Waals surface area contributed by atoms with Crippen LogP contribution in [0, 0.1) is 5.92 Å². The summed E-state index contributed by atoms with van der Waals surface area (Å²) >= 11 is 0. The summed E-state index contributed by atoms with van der Waals surface area (Å²) in [6.07, 6.45) is 28.1. The number of unbranched alkanes of at least 4 members (excludes halogenated alkanes) is 18. The van der Waals surface area contributed by atoms with Crippen LogP contribution in [-0.2, 0) is 0 Å². The van der Waals surface area contributed by atoms with E-state index in [0.29, 0.717) is 19.0 Å². The second-order valence-corrected chi connectivity index (χ2v) is 11.4. The third-order valence-corrected chi connectivity index (χ3v) is 7.40. The van der Waals surface area contributed by atoms with E-state index in [2.05, 4.69) is 42.0 Å². The van der Waals surface area contributed by atoms with Gasteiger partial charge in [0.1, 0.15) is 0 Å². The molecular weight excluding hydrogens is 472 g/mol. The van der Waals surface area contributed by atoms with Crippen molar-refractivity contribution < 1.29 is 9.59 Å². The first-order chi connectivity index (χ1) is 18.6. The van der Waals surface area contributed by atoms with E-state index in [1.165, 1.54) is 116 Å². The van der Waals surface area contributed by atoms with E-state index in [-0.39, 0.29) is 12.1 Å². The molecule has 6 heteroatoms. The largest absolute Gasteiger partial charge is 0.338 e. The van der Waals surface area contributed by atoms with E-state index in [1.807, 2.05) is 0 Å². The molecule has 0 aromatic heterocycles. The van der Waals surface area contributed by atoms with Crippen LogP contribution in [0.3, 0.4) is 0 Å². The molecule has 1 atom stereocenters. The minimum atomic E-state index is -0.0581. The van der Waals surface area contributed by atoms with E-state index in [1.54, 1.807) is 0 Å². The standard InChI is InChI=1S/C32H66N4O2/c1-4-6-8-10-12-14-16-18-20-22-26-33-31(37)35-28-24-25-30(3)29-36-32(38)34-27-23-21-19-17-15-13-11-9-7-5-2/h30H,4-29H2,1-3H3,(H2,33,35,37)(H2,34,36,38). The molecule has 0 saturated carbocycles. The lowest BCUT2D eigenvalue weighted by Crippen LogP contribution is -2.38. The fraction of sp³-hybridized carbons (Fsp3) is 0.938. The predicted molar refractivity (Wildman–Crippen MR) is 165 cm³/mol. The van der Waals surface area contributed by atoms with Gasteiger partial charge in [0.25, 0.3) is 0 Å². The summed E-state index contributed by atoms with van der Waals surface area (Å²) in [6, 6.07) is -0.115. The van der Waals surface area contributed by atoms with Gasteiger partial charge in [0.15, 0.2) is 0 Å². The fourth-order valence-electron chi connectivity index (χ4n) is 4.78. The molecule has 38 heavy (non-hydrogen) atoms. The highest BCUT2D eigenvalue weighted by Gasteiger charge is 2.06. The van der Waals surface area contributed by atoms with Crippen LogP contribution in [-0.4, -0.2) is 38.2 Å². The predicted octanol–water partition coefficient (Wildman–Crippen LogP) is 8.84. The summed E-state index contributed by atoms with van der Waals surface area (Å²) in [5.74, 6) is 0.398. The van der Waals surface area contributed by atoms with E-state index >= 15 is 0 Å². The Morgan fingerprint density at radius 1 is 0.447 bits per heavy atom.